The van der Waals surface area contributed by atoms with E-state index in [4.69, 9.17) is 9.47 Å². The van der Waals surface area contributed by atoms with Gasteiger partial charge in [-0.3, -0.25) is 14.6 Å². The molecule has 2 aromatic rings. The number of carbonyl (C=O) groups excluding carboxylic acids is 2. The Balaban J connectivity index is 1.62. The fourth-order valence-corrected chi connectivity index (χ4v) is 4.59. The van der Waals surface area contributed by atoms with Gasteiger partial charge >= 0.3 is 0 Å². The van der Waals surface area contributed by atoms with E-state index in [9.17, 15) is 9.59 Å². The van der Waals surface area contributed by atoms with Gasteiger partial charge in [0.2, 0.25) is 11.8 Å². The Hall–Kier alpha value is -2.93. The summed E-state index contributed by atoms with van der Waals surface area (Å²) in [6.45, 7) is 4.10. The van der Waals surface area contributed by atoms with E-state index in [0.29, 0.717) is 39.1 Å². The highest BCUT2D eigenvalue weighted by Crippen LogP contribution is 2.48. The molecular weight excluding hydrogens is 394 g/mol. The molecule has 2 aliphatic rings. The van der Waals surface area contributed by atoms with Crippen molar-refractivity contribution in [1.82, 2.24) is 10.3 Å². The Bertz CT molecular complexity index is 969. The van der Waals surface area contributed by atoms with Crippen LogP contribution in [0.5, 0.6) is 5.75 Å². The van der Waals surface area contributed by atoms with Gasteiger partial charge in [-0.15, -0.1) is 0 Å². The van der Waals surface area contributed by atoms with Crippen LogP contribution in [-0.4, -0.2) is 50.2 Å². The maximum Gasteiger partial charge on any atom is 0.227 e. The monoisotopic (exact) mass is 423 g/mol. The van der Waals surface area contributed by atoms with Crippen molar-refractivity contribution >= 4 is 17.5 Å². The van der Waals surface area contributed by atoms with Crippen LogP contribution in [-0.2, 0) is 19.7 Å². The molecule has 0 radical (unpaired) electrons. The summed E-state index contributed by atoms with van der Waals surface area (Å²) in [6.07, 6.45) is 6.37. The molecule has 4 rings (SSSR count). The van der Waals surface area contributed by atoms with Crippen LogP contribution in [0.4, 0.5) is 5.69 Å². The number of anilines is 1. The molecule has 1 N–H and O–H groups in total. The lowest BCUT2D eigenvalue weighted by Gasteiger charge is -2.34. The second kappa shape index (κ2) is 9.06. The maximum absolute atomic E-state index is 13.1. The van der Waals surface area contributed by atoms with Crippen LogP contribution in [0.2, 0.25) is 0 Å². The summed E-state index contributed by atoms with van der Waals surface area (Å²) >= 11 is 0. The highest BCUT2D eigenvalue weighted by atomic mass is 16.5. The zero-order valence-electron chi connectivity index (χ0n) is 18.1. The number of hydrogen-bond acceptors (Lipinski definition) is 5. The molecule has 0 atom stereocenters. The highest BCUT2D eigenvalue weighted by Gasteiger charge is 2.45. The van der Waals surface area contributed by atoms with Crippen molar-refractivity contribution in [3.8, 4) is 16.9 Å². The van der Waals surface area contributed by atoms with Crippen molar-refractivity contribution in [3.05, 3.63) is 42.2 Å². The number of nitrogens with one attached hydrogen (secondary N) is 1. The largest absolute Gasteiger partial charge is 0.495 e. The number of methoxy groups -OCH3 is 1. The number of benzene rings is 1. The summed E-state index contributed by atoms with van der Waals surface area (Å²) in [7, 11) is 1.63. The van der Waals surface area contributed by atoms with Crippen LogP contribution in [0.15, 0.2) is 36.7 Å². The molecule has 1 saturated heterocycles. The fourth-order valence-electron chi connectivity index (χ4n) is 4.59. The molecule has 1 aromatic carbocycles. The highest BCUT2D eigenvalue weighted by molar-refractivity contribution is 5.97. The average Bonchev–Trinajstić information content (AvgIpc) is 3.10. The number of carbonyl (C=O) groups is 2. The number of nitrogens with zero attached hydrogens (tertiary/aromatic N) is 2. The first-order valence-electron chi connectivity index (χ1n) is 10.8. The third-order valence-electron chi connectivity index (χ3n) is 6.29. The summed E-state index contributed by atoms with van der Waals surface area (Å²) in [5.41, 5.74) is 4.18. The average molecular weight is 424 g/mol. The zero-order chi connectivity index (χ0) is 21.8. The van der Waals surface area contributed by atoms with Crippen molar-refractivity contribution in [1.29, 1.82) is 0 Å². The van der Waals surface area contributed by atoms with Crippen LogP contribution < -0.4 is 15.0 Å². The molecular formula is C24H29N3O4. The van der Waals surface area contributed by atoms with Crippen LogP contribution in [0, 0.1) is 0 Å². The van der Waals surface area contributed by atoms with Crippen LogP contribution in [0.3, 0.4) is 0 Å². The van der Waals surface area contributed by atoms with E-state index >= 15 is 0 Å². The number of aromatic nitrogens is 1. The lowest BCUT2D eigenvalue weighted by Crippen LogP contribution is -2.40. The van der Waals surface area contributed by atoms with Gasteiger partial charge in [-0.2, -0.15) is 0 Å². The SMILES string of the molecule is COc1cncc(-c2ccc3c(c2)C2(CCOCC2)CN3C(=O)CCCNC(C)=O)c1. The summed E-state index contributed by atoms with van der Waals surface area (Å²) in [6, 6.07) is 8.29. The van der Waals surface area contributed by atoms with Crippen molar-refractivity contribution < 1.29 is 19.1 Å². The molecule has 1 aromatic heterocycles. The first-order chi connectivity index (χ1) is 15.0. The number of hydrogen-bond donors (Lipinski definition) is 1. The van der Waals surface area contributed by atoms with Crippen molar-refractivity contribution in [3.63, 3.8) is 0 Å². The Morgan fingerprint density at radius 1 is 1.19 bits per heavy atom. The lowest BCUT2D eigenvalue weighted by atomic mass is 9.75. The Morgan fingerprint density at radius 2 is 2.00 bits per heavy atom. The molecule has 164 valence electrons. The van der Waals surface area contributed by atoms with E-state index < -0.39 is 0 Å². The molecule has 0 aliphatic carbocycles. The van der Waals surface area contributed by atoms with Gasteiger partial charge in [-0.25, -0.2) is 0 Å². The number of pyridine rings is 1. The quantitative estimate of drug-likeness (QED) is 0.723. The molecule has 0 unspecified atom stereocenters. The standard InChI is InChI=1S/C24H29N3O4/c1-17(28)26-9-3-4-23(29)27-16-24(7-10-31-11-8-24)21-13-18(5-6-22(21)27)19-12-20(30-2)15-25-14-19/h5-6,12-15H,3-4,7-11,16H2,1-2H3,(H,26,28). The maximum atomic E-state index is 13.1. The molecule has 1 fully saturated rings. The predicted molar refractivity (Wildman–Crippen MR) is 118 cm³/mol. The Kier molecular flexibility index (Phi) is 6.23. The molecule has 1 spiro atoms. The van der Waals surface area contributed by atoms with E-state index in [2.05, 4.69) is 22.4 Å². The second-order valence-corrected chi connectivity index (χ2v) is 8.30. The van der Waals surface area contributed by atoms with Crippen molar-refractivity contribution in [2.24, 2.45) is 0 Å². The first kappa shape index (κ1) is 21.3. The minimum atomic E-state index is -0.0802. The molecule has 0 bridgehead atoms. The smallest absolute Gasteiger partial charge is 0.227 e. The van der Waals surface area contributed by atoms with Crippen molar-refractivity contribution in [2.75, 3.05) is 38.3 Å². The van der Waals surface area contributed by atoms with Gasteiger partial charge in [0, 0.05) is 62.5 Å². The molecule has 2 amide bonds. The van der Waals surface area contributed by atoms with Gasteiger partial charge in [0.05, 0.1) is 13.3 Å². The third kappa shape index (κ3) is 4.42. The molecule has 0 saturated carbocycles. The number of rotatable bonds is 6. The predicted octanol–water partition coefficient (Wildman–Crippen LogP) is 3.07. The van der Waals surface area contributed by atoms with Gasteiger partial charge < -0.3 is 19.7 Å². The van der Waals surface area contributed by atoms with Crippen LogP contribution >= 0.6 is 0 Å². The molecule has 31 heavy (non-hydrogen) atoms. The molecule has 2 aliphatic heterocycles. The minimum Gasteiger partial charge on any atom is -0.495 e. The first-order valence-corrected chi connectivity index (χ1v) is 10.8. The fraction of sp³-hybridized carbons (Fsp3) is 0.458. The van der Waals surface area contributed by atoms with E-state index in [1.54, 1.807) is 13.3 Å². The van der Waals surface area contributed by atoms with E-state index in [1.165, 1.54) is 12.5 Å². The summed E-state index contributed by atoms with van der Waals surface area (Å²) in [5.74, 6) is 0.750. The van der Waals surface area contributed by atoms with E-state index in [-0.39, 0.29) is 17.2 Å². The van der Waals surface area contributed by atoms with Gasteiger partial charge in [0.15, 0.2) is 0 Å². The Labute approximate surface area is 182 Å². The van der Waals surface area contributed by atoms with Crippen LogP contribution in [0.1, 0.15) is 38.2 Å². The number of amides is 2. The summed E-state index contributed by atoms with van der Waals surface area (Å²) in [4.78, 5) is 30.4. The normalized spacial score (nSPS) is 16.8. The van der Waals surface area contributed by atoms with Gasteiger partial charge in [-0.1, -0.05) is 6.07 Å². The van der Waals surface area contributed by atoms with Gasteiger partial charge in [-0.05, 0) is 48.6 Å². The molecule has 7 heteroatoms. The number of fused-ring (bicyclic) bond motifs is 2. The zero-order valence-corrected chi connectivity index (χ0v) is 18.1. The summed E-state index contributed by atoms with van der Waals surface area (Å²) in [5, 5.41) is 2.76. The second-order valence-electron chi connectivity index (χ2n) is 8.30. The van der Waals surface area contributed by atoms with Crippen molar-refractivity contribution in [2.45, 2.75) is 38.0 Å². The third-order valence-corrected chi connectivity index (χ3v) is 6.29. The number of ether oxygens (including phenoxy) is 2. The van der Waals surface area contributed by atoms with Gasteiger partial charge in [0.1, 0.15) is 5.75 Å². The van der Waals surface area contributed by atoms with Gasteiger partial charge in [0.25, 0.3) is 0 Å². The minimum absolute atomic E-state index is 0.0697. The molecule has 3 heterocycles. The van der Waals surface area contributed by atoms with Crippen LogP contribution in [0.25, 0.3) is 11.1 Å². The Morgan fingerprint density at radius 3 is 2.74 bits per heavy atom. The summed E-state index contributed by atoms with van der Waals surface area (Å²) < 4.78 is 11.0. The topological polar surface area (TPSA) is 80.8 Å². The lowest BCUT2D eigenvalue weighted by molar-refractivity contribution is -0.120. The van der Waals surface area contributed by atoms with E-state index in [1.807, 2.05) is 23.2 Å². The molecule has 7 nitrogen and oxygen atoms in total. The van der Waals surface area contributed by atoms with E-state index in [0.717, 1.165) is 35.4 Å².